The highest BCUT2D eigenvalue weighted by molar-refractivity contribution is 4.75. The molecule has 2 heteroatoms. The van der Waals surface area contributed by atoms with Crippen LogP contribution in [0.2, 0.25) is 0 Å². The van der Waals surface area contributed by atoms with Gasteiger partial charge in [0.2, 0.25) is 0 Å². The molecular formula is C15H32N2. The lowest BCUT2D eigenvalue weighted by molar-refractivity contribution is 0.159. The average molecular weight is 240 g/mol. The van der Waals surface area contributed by atoms with Crippen LogP contribution in [0.25, 0.3) is 0 Å². The molecular weight excluding hydrogens is 208 g/mol. The van der Waals surface area contributed by atoms with Gasteiger partial charge in [-0.15, -0.1) is 0 Å². The molecule has 2 atom stereocenters. The molecule has 102 valence electrons. The minimum atomic E-state index is 0.754. The Morgan fingerprint density at radius 3 is 2.53 bits per heavy atom. The van der Waals surface area contributed by atoms with Crippen molar-refractivity contribution in [2.24, 2.45) is 11.8 Å². The van der Waals surface area contributed by atoms with E-state index in [1.807, 2.05) is 0 Å². The van der Waals surface area contributed by atoms with Crippen LogP contribution in [-0.2, 0) is 0 Å². The monoisotopic (exact) mass is 240 g/mol. The van der Waals surface area contributed by atoms with E-state index in [1.54, 1.807) is 0 Å². The largest absolute Gasteiger partial charge is 0.316 e. The molecule has 0 radical (unpaired) electrons. The summed E-state index contributed by atoms with van der Waals surface area (Å²) in [5.74, 6) is 1.72. The van der Waals surface area contributed by atoms with Crippen LogP contribution >= 0.6 is 0 Å². The van der Waals surface area contributed by atoms with Crippen LogP contribution in [0, 0.1) is 11.8 Å². The second kappa shape index (κ2) is 8.10. The van der Waals surface area contributed by atoms with Crippen molar-refractivity contribution in [3.63, 3.8) is 0 Å². The maximum absolute atomic E-state index is 3.53. The summed E-state index contributed by atoms with van der Waals surface area (Å²) in [4.78, 5) is 2.68. The van der Waals surface area contributed by atoms with Gasteiger partial charge in [0.15, 0.2) is 0 Å². The Kier molecular flexibility index (Phi) is 7.14. The van der Waals surface area contributed by atoms with Gasteiger partial charge in [0.05, 0.1) is 0 Å². The predicted octanol–water partition coefficient (Wildman–Crippen LogP) is 3.13. The Balaban J connectivity index is 2.29. The lowest BCUT2D eigenvalue weighted by Gasteiger charge is -2.33. The van der Waals surface area contributed by atoms with Crippen LogP contribution in [0.3, 0.4) is 0 Å². The smallest absolute Gasteiger partial charge is 0.00670 e. The van der Waals surface area contributed by atoms with Gasteiger partial charge in [-0.1, -0.05) is 20.8 Å². The lowest BCUT2D eigenvalue weighted by atomic mass is 9.97. The third-order valence-electron chi connectivity index (χ3n) is 4.08. The second-order valence-corrected chi connectivity index (χ2v) is 6.12. The van der Waals surface area contributed by atoms with Crippen LogP contribution in [0.1, 0.15) is 53.4 Å². The van der Waals surface area contributed by atoms with E-state index in [0.717, 1.165) is 17.9 Å². The van der Waals surface area contributed by atoms with Crippen molar-refractivity contribution in [3.05, 3.63) is 0 Å². The van der Waals surface area contributed by atoms with Crippen molar-refractivity contribution in [1.29, 1.82) is 0 Å². The fourth-order valence-corrected chi connectivity index (χ4v) is 2.79. The van der Waals surface area contributed by atoms with Gasteiger partial charge in [0, 0.05) is 12.6 Å². The van der Waals surface area contributed by atoms with E-state index in [-0.39, 0.29) is 0 Å². The van der Waals surface area contributed by atoms with Crippen molar-refractivity contribution in [2.75, 3.05) is 26.2 Å². The van der Waals surface area contributed by atoms with Crippen molar-refractivity contribution >= 4 is 0 Å². The van der Waals surface area contributed by atoms with E-state index < -0.39 is 0 Å². The van der Waals surface area contributed by atoms with Gasteiger partial charge in [-0.05, 0) is 64.1 Å². The van der Waals surface area contributed by atoms with Crippen molar-refractivity contribution < 1.29 is 0 Å². The first-order chi connectivity index (χ1) is 8.13. The Hall–Kier alpha value is -0.0800. The molecule has 0 aromatic rings. The number of piperidine rings is 1. The predicted molar refractivity (Wildman–Crippen MR) is 76.4 cm³/mol. The Morgan fingerprint density at radius 2 is 2.00 bits per heavy atom. The number of hydrogen-bond acceptors (Lipinski definition) is 2. The quantitative estimate of drug-likeness (QED) is 0.735. The zero-order chi connectivity index (χ0) is 12.7. The van der Waals surface area contributed by atoms with Gasteiger partial charge in [-0.25, -0.2) is 0 Å². The summed E-state index contributed by atoms with van der Waals surface area (Å²) < 4.78 is 0. The van der Waals surface area contributed by atoms with E-state index >= 15 is 0 Å². The molecule has 0 saturated carbocycles. The Morgan fingerprint density at radius 1 is 1.24 bits per heavy atom. The highest BCUT2D eigenvalue weighted by Gasteiger charge is 2.19. The van der Waals surface area contributed by atoms with Crippen LogP contribution in [0.15, 0.2) is 0 Å². The number of nitrogens with one attached hydrogen (secondary N) is 1. The second-order valence-electron chi connectivity index (χ2n) is 6.12. The molecule has 0 aliphatic carbocycles. The maximum atomic E-state index is 3.53. The summed E-state index contributed by atoms with van der Waals surface area (Å²) in [6.07, 6.45) is 5.50. The molecule has 1 rings (SSSR count). The topological polar surface area (TPSA) is 15.3 Å². The summed E-state index contributed by atoms with van der Waals surface area (Å²) in [5, 5.41) is 3.53. The van der Waals surface area contributed by atoms with Crippen molar-refractivity contribution in [3.8, 4) is 0 Å². The van der Waals surface area contributed by atoms with Gasteiger partial charge in [0.1, 0.15) is 0 Å². The third-order valence-corrected chi connectivity index (χ3v) is 4.08. The Bertz CT molecular complexity index is 185. The van der Waals surface area contributed by atoms with Gasteiger partial charge in [-0.3, -0.25) is 0 Å². The minimum Gasteiger partial charge on any atom is -0.316 e. The van der Waals surface area contributed by atoms with Crippen LogP contribution < -0.4 is 5.32 Å². The van der Waals surface area contributed by atoms with Gasteiger partial charge in [-0.2, -0.15) is 0 Å². The number of rotatable bonds is 7. The Labute approximate surface area is 108 Å². The van der Waals surface area contributed by atoms with E-state index in [9.17, 15) is 0 Å². The van der Waals surface area contributed by atoms with E-state index in [4.69, 9.17) is 0 Å². The molecule has 2 unspecified atom stereocenters. The highest BCUT2D eigenvalue weighted by atomic mass is 15.1. The van der Waals surface area contributed by atoms with Crippen LogP contribution in [-0.4, -0.2) is 37.1 Å². The van der Waals surface area contributed by atoms with E-state index in [0.29, 0.717) is 0 Å². The van der Waals surface area contributed by atoms with Crippen molar-refractivity contribution in [2.45, 2.75) is 59.4 Å². The molecule has 0 bridgehead atoms. The van der Waals surface area contributed by atoms with Crippen LogP contribution in [0.4, 0.5) is 0 Å². The summed E-state index contributed by atoms with van der Waals surface area (Å²) in [5.41, 5.74) is 0. The molecule has 1 saturated heterocycles. The van der Waals surface area contributed by atoms with E-state index in [1.165, 1.54) is 51.9 Å². The first-order valence-corrected chi connectivity index (χ1v) is 7.58. The van der Waals surface area contributed by atoms with Gasteiger partial charge >= 0.3 is 0 Å². The normalized spacial score (nSPS) is 23.3. The third kappa shape index (κ3) is 5.87. The number of nitrogens with zero attached hydrogens (tertiary/aromatic N) is 1. The fourth-order valence-electron chi connectivity index (χ4n) is 2.79. The summed E-state index contributed by atoms with van der Waals surface area (Å²) in [6, 6.07) is 0.754. The summed E-state index contributed by atoms with van der Waals surface area (Å²) >= 11 is 0. The molecule has 2 nitrogen and oxygen atoms in total. The number of hydrogen-bond donors (Lipinski definition) is 1. The summed E-state index contributed by atoms with van der Waals surface area (Å²) in [6.45, 7) is 14.3. The standard InChI is InChI=1S/C15H32N2/c1-5-17(14(4)9-8-13(2)3)12-15-7-6-10-16-11-15/h13-16H,5-12H2,1-4H3. The molecule has 1 N–H and O–H groups in total. The maximum Gasteiger partial charge on any atom is 0.00670 e. The molecule has 1 fully saturated rings. The van der Waals surface area contributed by atoms with Gasteiger partial charge in [0.25, 0.3) is 0 Å². The molecule has 1 aliphatic heterocycles. The van der Waals surface area contributed by atoms with Crippen molar-refractivity contribution in [1.82, 2.24) is 10.2 Å². The minimum absolute atomic E-state index is 0.754. The SMILES string of the molecule is CCN(CC1CCCNC1)C(C)CCC(C)C. The van der Waals surface area contributed by atoms with E-state index in [2.05, 4.69) is 37.9 Å². The zero-order valence-corrected chi connectivity index (χ0v) is 12.3. The molecule has 0 aromatic heterocycles. The van der Waals surface area contributed by atoms with Gasteiger partial charge < -0.3 is 10.2 Å². The molecule has 1 heterocycles. The molecule has 1 aliphatic rings. The molecule has 17 heavy (non-hydrogen) atoms. The lowest BCUT2D eigenvalue weighted by Crippen LogP contribution is -2.42. The molecule has 0 spiro atoms. The first-order valence-electron chi connectivity index (χ1n) is 7.58. The molecule has 0 amide bonds. The average Bonchev–Trinajstić information content (AvgIpc) is 2.34. The van der Waals surface area contributed by atoms with Crippen LogP contribution in [0.5, 0.6) is 0 Å². The first kappa shape index (κ1) is 15.0. The fraction of sp³-hybridized carbons (Fsp3) is 1.00. The highest BCUT2D eigenvalue weighted by Crippen LogP contribution is 2.16. The summed E-state index contributed by atoms with van der Waals surface area (Å²) in [7, 11) is 0. The molecule has 0 aromatic carbocycles. The zero-order valence-electron chi connectivity index (χ0n) is 12.3.